The molecule has 2 aliphatic rings. The van der Waals surface area contributed by atoms with Crippen LogP contribution in [-0.2, 0) is 67.2 Å². The summed E-state index contributed by atoms with van der Waals surface area (Å²) in [7, 11) is 1.39. The molecule has 2 heterocycles. The average Bonchev–Trinajstić information content (AvgIpc) is 3.28. The zero-order chi connectivity index (χ0) is 48.9. The van der Waals surface area contributed by atoms with E-state index >= 15 is 4.79 Å². The Labute approximate surface area is 388 Å². The van der Waals surface area contributed by atoms with Crippen molar-refractivity contribution < 1.29 is 58.1 Å². The van der Waals surface area contributed by atoms with Crippen LogP contribution >= 0.6 is 0 Å². The number of nitrogens with zero attached hydrogens (tertiary/aromatic N) is 2. The maximum atomic E-state index is 15.0. The molecule has 9 atom stereocenters. The molecule has 2 fully saturated rings. The molecular weight excluding hydrogens is 867 g/mol. The van der Waals surface area contributed by atoms with Crippen LogP contribution in [0, 0.1) is 5.92 Å². The largest absolute Gasteiger partial charge is 0.481 e. The number of ether oxygens (including phenoxy) is 1. The van der Waals surface area contributed by atoms with Crippen molar-refractivity contribution >= 4 is 53.3 Å². The van der Waals surface area contributed by atoms with Gasteiger partial charge in [0.05, 0.1) is 6.42 Å². The second-order valence-corrected chi connectivity index (χ2v) is 17.2. The lowest BCUT2D eigenvalue weighted by molar-refractivity contribution is -0.165. The molecule has 5 rings (SSSR count). The summed E-state index contributed by atoms with van der Waals surface area (Å²) in [6.07, 6.45) is -4.39. The minimum Gasteiger partial charge on any atom is -0.481 e. The molecule has 3 aromatic carbocycles. The number of rotatable bonds is 12. The normalized spacial score (nSPS) is 25.0. The molecule has 2 aliphatic heterocycles. The van der Waals surface area contributed by atoms with Gasteiger partial charge < -0.3 is 51.3 Å². The van der Waals surface area contributed by atoms with E-state index in [9.17, 15) is 48.6 Å². The maximum Gasteiger partial charge on any atom is 0.329 e. The Kier molecular flexibility index (Phi) is 17.7. The van der Waals surface area contributed by atoms with E-state index in [1.54, 1.807) is 105 Å². The van der Waals surface area contributed by atoms with Crippen LogP contribution in [0.25, 0.3) is 0 Å². The second-order valence-electron chi connectivity index (χ2n) is 17.2. The number of piperidine rings is 1. The number of carboxylic acid groups (broad SMARTS) is 1. The van der Waals surface area contributed by atoms with E-state index in [1.807, 2.05) is 0 Å². The first-order valence-corrected chi connectivity index (χ1v) is 22.1. The van der Waals surface area contributed by atoms with E-state index in [2.05, 4.69) is 26.6 Å². The highest BCUT2D eigenvalue weighted by Gasteiger charge is 2.46. The van der Waals surface area contributed by atoms with Crippen molar-refractivity contribution in [2.45, 2.75) is 121 Å². The molecule has 0 saturated carbocycles. The fraction of sp³-hybridized carbons (Fsp3) is 0.438. The number of aliphatic hydroxyl groups excluding tert-OH is 1. The lowest BCUT2D eigenvalue weighted by atomic mass is 9.95. The topological polar surface area (TPSA) is 270 Å². The van der Waals surface area contributed by atoms with Gasteiger partial charge in [-0.15, -0.1) is 0 Å². The number of aliphatic carboxylic acids is 1. The zero-order valence-corrected chi connectivity index (χ0v) is 38.0. The first-order chi connectivity index (χ1) is 31.8. The number of amides is 7. The van der Waals surface area contributed by atoms with Crippen LogP contribution in [0.1, 0.15) is 63.6 Å². The number of nitrogens with one attached hydrogen (secondary N) is 5. The third-order valence-corrected chi connectivity index (χ3v) is 11.7. The Morgan fingerprint density at radius 2 is 1.27 bits per heavy atom. The number of carboxylic acids is 1. The number of cyclic esters (lactones) is 1. The van der Waals surface area contributed by atoms with Crippen molar-refractivity contribution in [3.63, 3.8) is 0 Å². The van der Waals surface area contributed by atoms with Gasteiger partial charge in [-0.25, -0.2) is 4.79 Å². The molecule has 7 N–H and O–H groups in total. The first-order valence-electron chi connectivity index (χ1n) is 22.1. The molecule has 2 saturated heterocycles. The minimum atomic E-state index is -1.84. The Morgan fingerprint density at radius 3 is 1.79 bits per heavy atom. The van der Waals surface area contributed by atoms with E-state index in [1.165, 1.54) is 18.9 Å². The molecule has 358 valence electrons. The summed E-state index contributed by atoms with van der Waals surface area (Å²) >= 11 is 0. The lowest BCUT2D eigenvalue weighted by Gasteiger charge is -2.43. The summed E-state index contributed by atoms with van der Waals surface area (Å²) in [4.78, 5) is 127. The summed E-state index contributed by atoms with van der Waals surface area (Å²) in [6, 6.07) is 15.6. The van der Waals surface area contributed by atoms with Crippen molar-refractivity contribution in [3.05, 3.63) is 108 Å². The predicted molar refractivity (Wildman–Crippen MR) is 241 cm³/mol. The number of likely N-dealkylation sites (N-methyl/N-ethyl adjacent to an activating group) is 1. The molecule has 19 heteroatoms. The highest BCUT2D eigenvalue weighted by Crippen LogP contribution is 2.25. The number of benzene rings is 3. The van der Waals surface area contributed by atoms with Crippen LogP contribution in [0.4, 0.5) is 0 Å². The maximum absolute atomic E-state index is 15.0. The van der Waals surface area contributed by atoms with Crippen LogP contribution in [0.15, 0.2) is 91.0 Å². The van der Waals surface area contributed by atoms with Crippen molar-refractivity contribution in [1.82, 2.24) is 36.4 Å². The third kappa shape index (κ3) is 13.7. The van der Waals surface area contributed by atoms with E-state index < -0.39 is 120 Å². The van der Waals surface area contributed by atoms with Crippen molar-refractivity contribution in [1.29, 1.82) is 0 Å². The molecule has 0 aliphatic carbocycles. The smallest absolute Gasteiger partial charge is 0.329 e. The SMILES string of the molecule is CC(=O)NC(CC(=O)O)C(=O)NC1C(=O)NC(Cc2ccccc2)C(=O)NC2CCC(O)N(C2=O)C(Cc2ccccc2)C(=O)N(C)C(Cc2ccccc2)C(=O)NC(C(C)C)C(=O)OC1C. The van der Waals surface area contributed by atoms with Crippen LogP contribution < -0.4 is 26.6 Å². The quantitative estimate of drug-likeness (QED) is 0.122. The second kappa shape index (κ2) is 23.3. The van der Waals surface area contributed by atoms with Crippen molar-refractivity contribution in [3.8, 4) is 0 Å². The number of aliphatic hydroxyl groups is 1. The zero-order valence-electron chi connectivity index (χ0n) is 38.0. The number of hydrogen-bond donors (Lipinski definition) is 7. The monoisotopic (exact) mass is 925 g/mol. The molecule has 3 aromatic rings. The molecule has 0 radical (unpaired) electrons. The fourth-order valence-corrected chi connectivity index (χ4v) is 8.12. The number of fused-ring (bicyclic) bond motifs is 2. The molecule has 7 amide bonds. The van der Waals surface area contributed by atoms with E-state index in [4.69, 9.17) is 4.74 Å². The minimum absolute atomic E-state index is 0.0543. The van der Waals surface area contributed by atoms with E-state index in [-0.39, 0.29) is 32.1 Å². The lowest BCUT2D eigenvalue weighted by Crippen LogP contribution is -2.65. The summed E-state index contributed by atoms with van der Waals surface area (Å²) in [5.74, 6) is -9.30. The predicted octanol–water partition coefficient (Wildman–Crippen LogP) is 0.371. The van der Waals surface area contributed by atoms with Crippen molar-refractivity contribution in [2.75, 3.05) is 7.05 Å². The molecule has 67 heavy (non-hydrogen) atoms. The van der Waals surface area contributed by atoms with Gasteiger partial charge in [-0.1, -0.05) is 105 Å². The van der Waals surface area contributed by atoms with Gasteiger partial charge in [0.2, 0.25) is 41.4 Å². The summed E-state index contributed by atoms with van der Waals surface area (Å²) < 4.78 is 5.82. The number of hydrogen-bond acceptors (Lipinski definition) is 11. The average molecular weight is 926 g/mol. The van der Waals surface area contributed by atoms with Crippen LogP contribution in [0.5, 0.6) is 0 Å². The molecule has 0 aromatic heterocycles. The van der Waals surface area contributed by atoms with Gasteiger partial charge in [0.1, 0.15) is 54.6 Å². The summed E-state index contributed by atoms with van der Waals surface area (Å²) in [6.45, 7) is 5.56. The van der Waals surface area contributed by atoms with Gasteiger partial charge in [-0.2, -0.15) is 0 Å². The van der Waals surface area contributed by atoms with Crippen LogP contribution in [0.3, 0.4) is 0 Å². The van der Waals surface area contributed by atoms with Crippen molar-refractivity contribution in [2.24, 2.45) is 5.92 Å². The fourth-order valence-electron chi connectivity index (χ4n) is 8.12. The first kappa shape index (κ1) is 50.8. The van der Waals surface area contributed by atoms with Gasteiger partial charge >= 0.3 is 11.9 Å². The number of carbonyl (C=O) groups excluding carboxylic acids is 8. The summed E-state index contributed by atoms with van der Waals surface area (Å²) in [5, 5.41) is 33.8. The highest BCUT2D eigenvalue weighted by molar-refractivity contribution is 5.99. The van der Waals surface area contributed by atoms with Crippen LogP contribution in [-0.4, -0.2) is 135 Å². The molecule has 0 spiro atoms. The van der Waals surface area contributed by atoms with Gasteiger partial charge in [0, 0.05) is 33.2 Å². The highest BCUT2D eigenvalue weighted by atomic mass is 16.5. The molecule has 19 nitrogen and oxygen atoms in total. The Hall–Kier alpha value is -7.15. The van der Waals surface area contributed by atoms with Gasteiger partial charge in [0.15, 0.2) is 0 Å². The molecule has 2 bridgehead atoms. The third-order valence-electron chi connectivity index (χ3n) is 11.7. The standard InChI is InChI=1S/C48H59N7O12/c1-27(2)40-48(66)67-28(3)41(53-43(61)35(26-39(58)59)49-29(4)56)45(63)51-34(23-30-15-9-6-10-16-30)42(60)50-33-21-22-38(57)55(46(33)64)37(25-32-19-13-8-14-20-32)47(65)54(5)36(44(62)52-40)24-31-17-11-7-12-18-31/h6-20,27-28,33-38,40-41,57H,21-26H2,1-5H3,(H,49,56)(H,50,60)(H,51,63)(H,52,62)(H,53,61)(H,58,59). The molecule has 9 unspecified atom stereocenters. The van der Waals surface area contributed by atoms with E-state index in [0.717, 1.165) is 11.8 Å². The van der Waals surface area contributed by atoms with Gasteiger partial charge in [-0.3, -0.25) is 38.4 Å². The Bertz CT molecular complexity index is 2250. The molecular formula is C48H59N7O12. The Balaban J connectivity index is 1.64. The summed E-state index contributed by atoms with van der Waals surface area (Å²) in [5.41, 5.74) is 1.83. The van der Waals surface area contributed by atoms with Crippen LogP contribution in [0.2, 0.25) is 0 Å². The van der Waals surface area contributed by atoms with Gasteiger partial charge in [0.25, 0.3) is 0 Å². The van der Waals surface area contributed by atoms with Gasteiger partial charge in [-0.05, 0) is 42.4 Å². The number of esters is 1. The number of carbonyl (C=O) groups is 9. The Morgan fingerprint density at radius 1 is 0.731 bits per heavy atom. The van der Waals surface area contributed by atoms with E-state index in [0.29, 0.717) is 16.7 Å².